The van der Waals surface area contributed by atoms with Crippen LogP contribution in [0.25, 0.3) is 0 Å². The van der Waals surface area contributed by atoms with Crippen LogP contribution in [0.2, 0.25) is 0 Å². The number of phenolic OH excluding ortho intramolecular Hbond substituents is 1. The van der Waals surface area contributed by atoms with Gasteiger partial charge in [0, 0.05) is 18.1 Å². The van der Waals surface area contributed by atoms with Crippen molar-refractivity contribution in [1.29, 1.82) is 0 Å². The molecule has 0 saturated heterocycles. The second-order valence-corrected chi connectivity index (χ2v) is 4.31. The van der Waals surface area contributed by atoms with Crippen molar-refractivity contribution >= 4 is 5.97 Å². The van der Waals surface area contributed by atoms with Crippen LogP contribution in [-0.4, -0.2) is 21.8 Å². The monoisotopic (exact) mass is 208 g/mol. The van der Waals surface area contributed by atoms with E-state index in [-0.39, 0.29) is 11.3 Å². The minimum atomic E-state index is -1.04. The van der Waals surface area contributed by atoms with Crippen molar-refractivity contribution in [2.75, 3.05) is 0 Å². The Balaban J connectivity index is 2.58. The molecular weight excluding hydrogens is 196 g/mol. The third kappa shape index (κ3) is 1.63. The quantitative estimate of drug-likeness (QED) is 0.738. The zero-order valence-corrected chi connectivity index (χ0v) is 8.57. The molecule has 1 heterocycles. The maximum Gasteiger partial charge on any atom is 0.336 e. The van der Waals surface area contributed by atoms with E-state index in [1.807, 2.05) is 13.8 Å². The lowest BCUT2D eigenvalue weighted by Gasteiger charge is -2.16. The van der Waals surface area contributed by atoms with Crippen LogP contribution < -0.4 is 4.74 Å². The van der Waals surface area contributed by atoms with Gasteiger partial charge in [0.15, 0.2) is 0 Å². The van der Waals surface area contributed by atoms with Gasteiger partial charge in [-0.1, -0.05) is 0 Å². The van der Waals surface area contributed by atoms with Crippen LogP contribution in [0.5, 0.6) is 11.5 Å². The molecule has 0 aromatic heterocycles. The summed E-state index contributed by atoms with van der Waals surface area (Å²) in [5, 5.41) is 18.3. The van der Waals surface area contributed by atoms with E-state index in [2.05, 4.69) is 0 Å². The highest BCUT2D eigenvalue weighted by Crippen LogP contribution is 2.39. The molecule has 0 fully saturated rings. The number of benzene rings is 1. The standard InChI is InChI=1S/C11H12O4/c1-11(2)5-8-7(10(13)14)3-6(12)4-9(8)15-11/h3-4,12H,5H2,1-2H3,(H,13,14). The van der Waals surface area contributed by atoms with Crippen LogP contribution in [0.1, 0.15) is 29.8 Å². The zero-order chi connectivity index (χ0) is 11.2. The van der Waals surface area contributed by atoms with Crippen LogP contribution in [0, 0.1) is 0 Å². The summed E-state index contributed by atoms with van der Waals surface area (Å²) in [7, 11) is 0. The number of hydrogen-bond donors (Lipinski definition) is 2. The number of aromatic carboxylic acids is 1. The van der Waals surface area contributed by atoms with Crippen LogP contribution in [0.15, 0.2) is 12.1 Å². The van der Waals surface area contributed by atoms with Gasteiger partial charge >= 0.3 is 5.97 Å². The van der Waals surface area contributed by atoms with E-state index >= 15 is 0 Å². The van der Waals surface area contributed by atoms with Gasteiger partial charge < -0.3 is 14.9 Å². The molecule has 2 N–H and O–H groups in total. The molecule has 2 rings (SSSR count). The molecule has 1 aromatic carbocycles. The number of carbonyl (C=O) groups is 1. The summed E-state index contributed by atoms with van der Waals surface area (Å²) in [4.78, 5) is 11.0. The molecule has 4 heteroatoms. The molecule has 0 saturated carbocycles. The third-order valence-corrected chi connectivity index (χ3v) is 2.41. The van der Waals surface area contributed by atoms with Gasteiger partial charge in [-0.25, -0.2) is 4.79 Å². The van der Waals surface area contributed by atoms with Crippen molar-refractivity contribution in [1.82, 2.24) is 0 Å². The third-order valence-electron chi connectivity index (χ3n) is 2.41. The highest BCUT2D eigenvalue weighted by atomic mass is 16.5. The van der Waals surface area contributed by atoms with Gasteiger partial charge in [0.05, 0.1) is 5.56 Å². The molecule has 15 heavy (non-hydrogen) atoms. The number of rotatable bonds is 1. The molecule has 0 unspecified atom stereocenters. The van der Waals surface area contributed by atoms with Crippen LogP contribution in [-0.2, 0) is 6.42 Å². The van der Waals surface area contributed by atoms with Gasteiger partial charge in [0.25, 0.3) is 0 Å². The van der Waals surface area contributed by atoms with E-state index in [9.17, 15) is 9.90 Å². The minimum absolute atomic E-state index is 0.0798. The molecule has 4 nitrogen and oxygen atoms in total. The van der Waals surface area contributed by atoms with E-state index in [1.54, 1.807) is 0 Å². The Labute approximate surface area is 87.1 Å². The molecular formula is C11H12O4. The molecule has 0 spiro atoms. The van der Waals surface area contributed by atoms with Crippen molar-refractivity contribution in [3.63, 3.8) is 0 Å². The first-order valence-corrected chi connectivity index (χ1v) is 4.67. The Kier molecular flexibility index (Phi) is 1.89. The second kappa shape index (κ2) is 2.89. The normalized spacial score (nSPS) is 16.9. The van der Waals surface area contributed by atoms with Gasteiger partial charge in [0.2, 0.25) is 0 Å². The Bertz CT molecular complexity index is 434. The fraction of sp³-hybridized carbons (Fsp3) is 0.364. The number of carboxylic acids is 1. The van der Waals surface area contributed by atoms with E-state index in [0.717, 1.165) is 0 Å². The molecule has 0 radical (unpaired) electrons. The van der Waals surface area contributed by atoms with Gasteiger partial charge in [-0.2, -0.15) is 0 Å². The highest BCUT2D eigenvalue weighted by Gasteiger charge is 2.33. The molecule has 0 atom stereocenters. The van der Waals surface area contributed by atoms with Gasteiger partial charge in [-0.05, 0) is 19.9 Å². The number of aromatic hydroxyl groups is 1. The smallest absolute Gasteiger partial charge is 0.336 e. The van der Waals surface area contributed by atoms with E-state index in [0.29, 0.717) is 17.7 Å². The SMILES string of the molecule is CC1(C)Cc2c(cc(O)cc2C(=O)O)O1. The molecule has 0 bridgehead atoms. The summed E-state index contributed by atoms with van der Waals surface area (Å²) in [6.07, 6.45) is 0.546. The lowest BCUT2D eigenvalue weighted by Crippen LogP contribution is -2.24. The first-order chi connectivity index (χ1) is 6.89. The van der Waals surface area contributed by atoms with Gasteiger partial charge in [0.1, 0.15) is 17.1 Å². The Morgan fingerprint density at radius 3 is 2.73 bits per heavy atom. The minimum Gasteiger partial charge on any atom is -0.508 e. The highest BCUT2D eigenvalue weighted by molar-refractivity contribution is 5.91. The predicted octanol–water partition coefficient (Wildman–Crippen LogP) is 1.80. The summed E-state index contributed by atoms with van der Waals surface area (Å²) < 4.78 is 5.54. The molecule has 0 aliphatic carbocycles. The molecule has 0 amide bonds. The molecule has 80 valence electrons. The molecule has 1 aliphatic rings. The number of hydrogen-bond acceptors (Lipinski definition) is 3. The maximum absolute atomic E-state index is 11.0. The lowest BCUT2D eigenvalue weighted by atomic mass is 9.97. The summed E-state index contributed by atoms with van der Waals surface area (Å²) >= 11 is 0. The van der Waals surface area contributed by atoms with Gasteiger partial charge in [-0.15, -0.1) is 0 Å². The first-order valence-electron chi connectivity index (χ1n) is 4.67. The van der Waals surface area contributed by atoms with E-state index < -0.39 is 11.6 Å². The summed E-state index contributed by atoms with van der Waals surface area (Å²) in [5.74, 6) is -0.648. The first kappa shape index (κ1) is 9.83. The summed E-state index contributed by atoms with van der Waals surface area (Å²) in [5.41, 5.74) is 0.376. The molecule has 1 aliphatic heterocycles. The Hall–Kier alpha value is -1.71. The van der Waals surface area contributed by atoms with E-state index in [4.69, 9.17) is 9.84 Å². The maximum atomic E-state index is 11.0. The van der Waals surface area contributed by atoms with E-state index in [1.165, 1.54) is 12.1 Å². The zero-order valence-electron chi connectivity index (χ0n) is 8.57. The van der Waals surface area contributed by atoms with Crippen molar-refractivity contribution in [3.8, 4) is 11.5 Å². The fourth-order valence-corrected chi connectivity index (χ4v) is 1.85. The van der Waals surface area contributed by atoms with Crippen molar-refractivity contribution in [2.24, 2.45) is 0 Å². The van der Waals surface area contributed by atoms with Crippen LogP contribution in [0.4, 0.5) is 0 Å². The van der Waals surface area contributed by atoms with Crippen LogP contribution >= 0.6 is 0 Å². The summed E-state index contributed by atoms with van der Waals surface area (Å²) in [6.45, 7) is 3.77. The second-order valence-electron chi connectivity index (χ2n) is 4.31. The Morgan fingerprint density at radius 1 is 1.47 bits per heavy atom. The fourth-order valence-electron chi connectivity index (χ4n) is 1.85. The molecule has 1 aromatic rings. The largest absolute Gasteiger partial charge is 0.508 e. The van der Waals surface area contributed by atoms with Crippen molar-refractivity contribution < 1.29 is 19.7 Å². The average molecular weight is 208 g/mol. The van der Waals surface area contributed by atoms with Gasteiger partial charge in [-0.3, -0.25) is 0 Å². The summed E-state index contributed by atoms with van der Waals surface area (Å²) in [6, 6.07) is 2.71. The number of fused-ring (bicyclic) bond motifs is 1. The predicted molar refractivity (Wildman–Crippen MR) is 53.5 cm³/mol. The average Bonchev–Trinajstić information content (AvgIpc) is 2.36. The number of phenols is 1. The topological polar surface area (TPSA) is 66.8 Å². The Morgan fingerprint density at radius 2 is 2.13 bits per heavy atom. The lowest BCUT2D eigenvalue weighted by molar-refractivity contribution is 0.0695. The van der Waals surface area contributed by atoms with Crippen LogP contribution in [0.3, 0.4) is 0 Å². The number of ether oxygens (including phenoxy) is 1. The van der Waals surface area contributed by atoms with Crippen molar-refractivity contribution in [2.45, 2.75) is 25.9 Å². The van der Waals surface area contributed by atoms with Crippen molar-refractivity contribution in [3.05, 3.63) is 23.3 Å². The number of carboxylic acid groups (broad SMARTS) is 1.